The summed E-state index contributed by atoms with van der Waals surface area (Å²) in [5.41, 5.74) is 0.320. The summed E-state index contributed by atoms with van der Waals surface area (Å²) in [5.74, 6) is -2.10. The molecule has 1 aromatic heterocycles. The number of nitrogens with one attached hydrogen (secondary N) is 3. The first-order valence-corrected chi connectivity index (χ1v) is 8.80. The molecule has 1 atom stereocenters. The number of hydrogen-bond acceptors (Lipinski definition) is 7. The summed E-state index contributed by atoms with van der Waals surface area (Å²) in [4.78, 5) is 26.7. The Kier molecular flexibility index (Phi) is 8.13. The second-order valence-electron chi connectivity index (χ2n) is 6.28. The molecule has 2 rings (SSSR count). The van der Waals surface area contributed by atoms with Gasteiger partial charge in [-0.3, -0.25) is 25.8 Å². The van der Waals surface area contributed by atoms with Crippen LogP contribution >= 0.6 is 0 Å². The van der Waals surface area contributed by atoms with Crippen LogP contribution in [-0.4, -0.2) is 56.2 Å². The van der Waals surface area contributed by atoms with Crippen molar-refractivity contribution in [3.05, 3.63) is 41.7 Å². The molecule has 33 heavy (non-hydrogen) atoms. The summed E-state index contributed by atoms with van der Waals surface area (Å²) < 4.78 is 78.7. The van der Waals surface area contributed by atoms with Gasteiger partial charge < -0.3 is 10.2 Å². The zero-order valence-corrected chi connectivity index (χ0v) is 16.3. The number of halogens is 6. The van der Waals surface area contributed by atoms with E-state index >= 15 is 0 Å². The molecular weight excluding hydrogens is 466 g/mol. The quantitative estimate of drug-likeness (QED) is 0.168. The van der Waals surface area contributed by atoms with Crippen molar-refractivity contribution in [2.75, 3.05) is 13.2 Å². The van der Waals surface area contributed by atoms with E-state index in [2.05, 4.69) is 15.4 Å². The Labute approximate surface area is 180 Å². The smallest absolute Gasteiger partial charge is 0.392 e. The molecule has 10 nitrogen and oxygen atoms in total. The van der Waals surface area contributed by atoms with Gasteiger partial charge in [-0.05, 0) is 18.2 Å². The van der Waals surface area contributed by atoms with Gasteiger partial charge in [-0.2, -0.15) is 26.3 Å². The number of aliphatic hydroxyl groups excluding tert-OH is 2. The van der Waals surface area contributed by atoms with E-state index in [1.165, 1.54) is 0 Å². The second-order valence-corrected chi connectivity index (χ2v) is 6.28. The fourth-order valence-electron chi connectivity index (χ4n) is 2.20. The Hall–Kier alpha value is -3.50. The normalized spacial score (nSPS) is 13.2. The third kappa shape index (κ3) is 7.85. The fraction of sp³-hybridized carbons (Fsp3) is 0.294. The van der Waals surface area contributed by atoms with E-state index in [1.807, 2.05) is 10.9 Å². The highest BCUT2D eigenvalue weighted by molar-refractivity contribution is 5.91. The van der Waals surface area contributed by atoms with Crippen molar-refractivity contribution in [1.29, 1.82) is 0 Å². The lowest BCUT2D eigenvalue weighted by Crippen LogP contribution is -2.47. The number of hydrogen-bond donors (Lipinski definition) is 5. The van der Waals surface area contributed by atoms with E-state index in [4.69, 9.17) is 10.2 Å². The highest BCUT2D eigenvalue weighted by Crippen LogP contribution is 2.37. The van der Waals surface area contributed by atoms with Crippen molar-refractivity contribution < 1.29 is 46.1 Å². The lowest BCUT2D eigenvalue weighted by atomic mass is 10.0. The Balaban J connectivity index is 2.08. The maximum atomic E-state index is 13.0. The van der Waals surface area contributed by atoms with Crippen LogP contribution < -0.4 is 16.2 Å². The minimum absolute atomic E-state index is 0.0287. The summed E-state index contributed by atoms with van der Waals surface area (Å²) in [6.07, 6.45) is -8.66. The molecule has 180 valence electrons. The van der Waals surface area contributed by atoms with Crippen molar-refractivity contribution in [3.8, 4) is 11.4 Å². The molecule has 0 radical (unpaired) electrons. The number of alkyl halides is 6. The van der Waals surface area contributed by atoms with Crippen LogP contribution in [0.5, 0.6) is 0 Å². The van der Waals surface area contributed by atoms with E-state index in [-0.39, 0.29) is 6.07 Å². The number of aliphatic hydroxyl groups is 2. The largest absolute Gasteiger partial charge is 0.416 e. The van der Waals surface area contributed by atoms with E-state index in [0.29, 0.717) is 12.1 Å². The monoisotopic (exact) mass is 482 g/mol. The Morgan fingerprint density at radius 2 is 1.67 bits per heavy atom. The molecule has 0 aliphatic carbocycles. The first-order chi connectivity index (χ1) is 15.3. The standard InChI is InChI=1S/C17H16F6N6O4/c18-16(19,20)10-3-9(4-11(5-10)17(21,22)23)15-25-8-29(28-15)2-1-12(31)26-27-13(32)6-24-14(33)7-30/h1-5,8,14,24,30,33H,6-7H2,(H,26,31)(H,27,32)/b2-1-. The van der Waals surface area contributed by atoms with Gasteiger partial charge in [0.2, 0.25) is 0 Å². The van der Waals surface area contributed by atoms with Gasteiger partial charge in [0.05, 0.1) is 24.3 Å². The third-order valence-electron chi connectivity index (χ3n) is 3.73. The number of carbonyl (C=O) groups excluding carboxylic acids is 2. The van der Waals surface area contributed by atoms with Gasteiger partial charge in [-0.25, -0.2) is 9.67 Å². The number of carbonyl (C=O) groups is 2. The van der Waals surface area contributed by atoms with Crippen LogP contribution in [0.15, 0.2) is 30.6 Å². The van der Waals surface area contributed by atoms with Gasteiger partial charge in [-0.1, -0.05) is 0 Å². The van der Waals surface area contributed by atoms with Crippen LogP contribution in [-0.2, 0) is 21.9 Å². The third-order valence-corrected chi connectivity index (χ3v) is 3.73. The van der Waals surface area contributed by atoms with Crippen LogP contribution in [0, 0.1) is 0 Å². The predicted octanol–water partition coefficient (Wildman–Crippen LogP) is 0.501. The summed E-state index contributed by atoms with van der Waals surface area (Å²) >= 11 is 0. The van der Waals surface area contributed by atoms with Crippen molar-refractivity contribution in [2.45, 2.75) is 18.6 Å². The molecule has 0 bridgehead atoms. The number of amides is 2. The van der Waals surface area contributed by atoms with Crippen molar-refractivity contribution in [3.63, 3.8) is 0 Å². The second kappa shape index (κ2) is 10.4. The van der Waals surface area contributed by atoms with Crippen molar-refractivity contribution in [1.82, 2.24) is 30.9 Å². The van der Waals surface area contributed by atoms with Crippen molar-refractivity contribution in [2.24, 2.45) is 0 Å². The van der Waals surface area contributed by atoms with Gasteiger partial charge in [0.15, 0.2) is 5.82 Å². The van der Waals surface area contributed by atoms with Crippen LogP contribution in [0.25, 0.3) is 17.6 Å². The Morgan fingerprint density at radius 3 is 2.21 bits per heavy atom. The van der Waals surface area contributed by atoms with Gasteiger partial charge >= 0.3 is 12.4 Å². The average molecular weight is 482 g/mol. The molecule has 0 saturated carbocycles. The van der Waals surface area contributed by atoms with E-state index in [0.717, 1.165) is 23.3 Å². The SMILES string of the molecule is O=C(/C=C\n1cnc(-c2cc(C(F)(F)F)cc(C(F)(F)F)c2)n1)NNC(=O)CNC(O)CO. The predicted molar refractivity (Wildman–Crippen MR) is 98.2 cm³/mol. The topological polar surface area (TPSA) is 141 Å². The number of hydrazine groups is 1. The van der Waals surface area contributed by atoms with Gasteiger partial charge in [-0.15, -0.1) is 5.10 Å². The Bertz CT molecular complexity index is 988. The molecule has 16 heteroatoms. The minimum Gasteiger partial charge on any atom is -0.392 e. The maximum absolute atomic E-state index is 13.0. The van der Waals surface area contributed by atoms with Crippen LogP contribution in [0.3, 0.4) is 0 Å². The zero-order valence-electron chi connectivity index (χ0n) is 16.3. The molecule has 0 aliphatic heterocycles. The average Bonchev–Trinajstić information content (AvgIpc) is 3.22. The summed E-state index contributed by atoms with van der Waals surface area (Å²) in [6, 6.07) is 0.893. The van der Waals surface area contributed by atoms with Crippen LogP contribution in [0.1, 0.15) is 11.1 Å². The van der Waals surface area contributed by atoms with E-state index in [9.17, 15) is 35.9 Å². The minimum atomic E-state index is -5.04. The molecule has 1 aromatic carbocycles. The highest BCUT2D eigenvalue weighted by Gasteiger charge is 2.37. The first kappa shape index (κ1) is 25.8. The van der Waals surface area contributed by atoms with Crippen LogP contribution in [0.4, 0.5) is 26.3 Å². The fourth-order valence-corrected chi connectivity index (χ4v) is 2.20. The van der Waals surface area contributed by atoms with Gasteiger partial charge in [0, 0.05) is 17.8 Å². The number of benzene rings is 1. The zero-order chi connectivity index (χ0) is 24.8. The number of aromatic nitrogens is 3. The molecule has 1 heterocycles. The molecule has 2 aromatic rings. The number of rotatable bonds is 7. The van der Waals surface area contributed by atoms with Crippen LogP contribution in [0.2, 0.25) is 0 Å². The molecular formula is C17H16F6N6O4. The summed E-state index contributed by atoms with van der Waals surface area (Å²) in [7, 11) is 0. The molecule has 0 fully saturated rings. The highest BCUT2D eigenvalue weighted by atomic mass is 19.4. The molecule has 1 unspecified atom stereocenters. The van der Waals surface area contributed by atoms with E-state index < -0.39 is 66.1 Å². The molecule has 0 aliphatic rings. The molecule has 0 spiro atoms. The van der Waals surface area contributed by atoms with Crippen molar-refractivity contribution >= 4 is 18.0 Å². The van der Waals surface area contributed by atoms with E-state index in [1.54, 1.807) is 0 Å². The lowest BCUT2D eigenvalue weighted by molar-refractivity contribution is -0.143. The lowest BCUT2D eigenvalue weighted by Gasteiger charge is -2.13. The Morgan fingerprint density at radius 1 is 1.06 bits per heavy atom. The molecule has 2 amide bonds. The maximum Gasteiger partial charge on any atom is 0.416 e. The number of nitrogens with zero attached hydrogens (tertiary/aromatic N) is 3. The molecule has 0 saturated heterocycles. The van der Waals surface area contributed by atoms with Gasteiger partial charge in [0.25, 0.3) is 11.8 Å². The first-order valence-electron chi connectivity index (χ1n) is 8.80. The molecule has 5 N–H and O–H groups in total. The summed E-state index contributed by atoms with van der Waals surface area (Å²) in [6.45, 7) is -1.07. The summed E-state index contributed by atoms with van der Waals surface area (Å²) in [5, 5.41) is 23.5. The van der Waals surface area contributed by atoms with Gasteiger partial charge in [0.1, 0.15) is 12.6 Å².